The minimum Gasteiger partial charge on any atom is -0.387 e. The Kier molecular flexibility index (Phi) is 3.43. The molecule has 4 heteroatoms. The molecule has 1 N–H and O–H groups in total. The zero-order valence-corrected chi connectivity index (χ0v) is 12.4. The Hall–Kier alpha value is -1.78. The smallest absolute Gasteiger partial charge is 0.124 e. The Morgan fingerprint density at radius 3 is 2.95 bits per heavy atom. The number of carbonyl (C=O) groups excluding carboxylic acids is 1. The van der Waals surface area contributed by atoms with Crippen LogP contribution in [0.15, 0.2) is 36.5 Å². The van der Waals surface area contributed by atoms with Crippen LogP contribution in [-0.4, -0.2) is 40.4 Å². The van der Waals surface area contributed by atoms with Crippen molar-refractivity contribution < 1.29 is 9.90 Å². The molecule has 0 amide bonds. The van der Waals surface area contributed by atoms with Gasteiger partial charge in [-0.05, 0) is 43.0 Å². The number of aromatic nitrogens is 1. The first-order valence-electron chi connectivity index (χ1n) is 7.99. The second-order valence-electron chi connectivity index (χ2n) is 6.51. The van der Waals surface area contributed by atoms with Gasteiger partial charge in [0.15, 0.2) is 0 Å². The van der Waals surface area contributed by atoms with Crippen LogP contribution in [0.2, 0.25) is 0 Å². The Bertz CT molecular complexity index is 697. The molecule has 114 valence electrons. The molecule has 5 rings (SSSR count). The summed E-state index contributed by atoms with van der Waals surface area (Å²) in [7, 11) is 0. The standard InChI is InChI=1S/C18H20N2O2/c21-11-13-10-20-8-6-12(13)9-17(20)18(22)15-5-7-19-16-4-2-1-3-14(15)16/h1-5,7,11-13,17-18,22H,6,8-10H2/t12-,13+,17-,18+/m0/s1. The van der Waals surface area contributed by atoms with Crippen LogP contribution in [0.4, 0.5) is 0 Å². The largest absolute Gasteiger partial charge is 0.387 e. The van der Waals surface area contributed by atoms with Crippen molar-refractivity contribution in [1.29, 1.82) is 0 Å². The maximum Gasteiger partial charge on any atom is 0.124 e. The van der Waals surface area contributed by atoms with Crippen molar-refractivity contribution in [3.05, 3.63) is 42.1 Å². The topological polar surface area (TPSA) is 53.4 Å². The summed E-state index contributed by atoms with van der Waals surface area (Å²) in [5, 5.41) is 12.0. The first-order chi connectivity index (χ1) is 10.8. The quantitative estimate of drug-likeness (QED) is 0.882. The van der Waals surface area contributed by atoms with Gasteiger partial charge in [0.2, 0.25) is 0 Å². The van der Waals surface area contributed by atoms with Crippen molar-refractivity contribution in [3.8, 4) is 0 Å². The highest BCUT2D eigenvalue weighted by atomic mass is 16.3. The van der Waals surface area contributed by atoms with E-state index in [1.54, 1.807) is 6.20 Å². The van der Waals surface area contributed by atoms with Crippen LogP contribution in [0.25, 0.3) is 10.9 Å². The SMILES string of the molecule is O=C[C@H]1CN2CC[C@H]1C[C@H]2[C@H](O)c1ccnc2ccccc12. The minimum atomic E-state index is -0.525. The molecule has 22 heavy (non-hydrogen) atoms. The Morgan fingerprint density at radius 2 is 2.18 bits per heavy atom. The second-order valence-corrected chi connectivity index (χ2v) is 6.51. The van der Waals surface area contributed by atoms with Crippen molar-refractivity contribution in [2.45, 2.75) is 25.0 Å². The van der Waals surface area contributed by atoms with Gasteiger partial charge in [0.1, 0.15) is 6.29 Å². The summed E-state index contributed by atoms with van der Waals surface area (Å²) in [6.07, 6.45) is 4.32. The number of benzene rings is 1. The molecule has 4 nitrogen and oxygen atoms in total. The summed E-state index contributed by atoms with van der Waals surface area (Å²) >= 11 is 0. The van der Waals surface area contributed by atoms with E-state index in [1.165, 1.54) is 0 Å². The van der Waals surface area contributed by atoms with E-state index in [2.05, 4.69) is 9.88 Å². The molecular weight excluding hydrogens is 276 g/mol. The molecule has 3 fully saturated rings. The van der Waals surface area contributed by atoms with Crippen molar-refractivity contribution in [2.75, 3.05) is 13.1 Å². The predicted molar refractivity (Wildman–Crippen MR) is 84.3 cm³/mol. The van der Waals surface area contributed by atoms with Crippen LogP contribution in [0.1, 0.15) is 24.5 Å². The lowest BCUT2D eigenvalue weighted by Gasteiger charge is -2.49. The highest BCUT2D eigenvalue weighted by Crippen LogP contribution is 2.40. The number of hydrogen-bond donors (Lipinski definition) is 1. The van der Waals surface area contributed by atoms with Gasteiger partial charge in [0.05, 0.1) is 11.6 Å². The average molecular weight is 296 g/mol. The third-order valence-corrected chi connectivity index (χ3v) is 5.39. The van der Waals surface area contributed by atoms with Crippen LogP contribution in [0.3, 0.4) is 0 Å². The van der Waals surface area contributed by atoms with E-state index in [0.29, 0.717) is 5.92 Å². The van der Waals surface area contributed by atoms with Crippen molar-refractivity contribution in [2.24, 2.45) is 11.8 Å². The van der Waals surface area contributed by atoms with E-state index in [9.17, 15) is 9.90 Å². The highest BCUT2D eigenvalue weighted by molar-refractivity contribution is 5.82. The van der Waals surface area contributed by atoms with E-state index in [0.717, 1.165) is 48.7 Å². The van der Waals surface area contributed by atoms with Gasteiger partial charge >= 0.3 is 0 Å². The summed E-state index contributed by atoms with van der Waals surface area (Å²) in [6, 6.07) is 9.98. The molecule has 0 aliphatic carbocycles. The van der Waals surface area contributed by atoms with Crippen LogP contribution in [0, 0.1) is 11.8 Å². The lowest BCUT2D eigenvalue weighted by molar-refractivity contribution is -0.121. The van der Waals surface area contributed by atoms with E-state index >= 15 is 0 Å². The predicted octanol–water partition coefficient (Wildman–Crippen LogP) is 2.18. The highest BCUT2D eigenvalue weighted by Gasteiger charge is 2.43. The van der Waals surface area contributed by atoms with Gasteiger partial charge in [-0.3, -0.25) is 9.88 Å². The number of carbonyl (C=O) groups is 1. The average Bonchev–Trinajstić information content (AvgIpc) is 2.60. The molecule has 4 heterocycles. The van der Waals surface area contributed by atoms with Crippen molar-refractivity contribution in [3.63, 3.8) is 0 Å². The maximum atomic E-state index is 11.2. The monoisotopic (exact) mass is 296 g/mol. The van der Waals surface area contributed by atoms with E-state index in [1.807, 2.05) is 30.3 Å². The molecule has 0 spiro atoms. The molecule has 3 aliphatic rings. The number of para-hydroxylation sites is 1. The van der Waals surface area contributed by atoms with Gasteiger partial charge in [-0.15, -0.1) is 0 Å². The van der Waals surface area contributed by atoms with Crippen molar-refractivity contribution >= 4 is 17.2 Å². The number of hydrogen-bond acceptors (Lipinski definition) is 4. The molecule has 0 saturated carbocycles. The number of aliphatic hydroxyl groups is 1. The molecule has 1 aromatic carbocycles. The number of fused-ring (bicyclic) bond motifs is 4. The third-order valence-electron chi connectivity index (χ3n) is 5.39. The summed E-state index contributed by atoms with van der Waals surface area (Å²) in [5.74, 6) is 0.571. The van der Waals surface area contributed by atoms with Crippen LogP contribution >= 0.6 is 0 Å². The molecule has 1 aromatic heterocycles. The number of nitrogens with zero attached hydrogens (tertiary/aromatic N) is 2. The maximum absolute atomic E-state index is 11.2. The Labute approximate surface area is 129 Å². The van der Waals surface area contributed by atoms with Crippen LogP contribution in [-0.2, 0) is 4.79 Å². The van der Waals surface area contributed by atoms with Gasteiger partial charge < -0.3 is 9.90 Å². The zero-order valence-electron chi connectivity index (χ0n) is 12.4. The minimum absolute atomic E-state index is 0.112. The summed E-state index contributed by atoms with van der Waals surface area (Å²) in [4.78, 5) is 17.8. The van der Waals surface area contributed by atoms with Gasteiger partial charge in [0.25, 0.3) is 0 Å². The number of rotatable bonds is 3. The lowest BCUT2D eigenvalue weighted by Crippen LogP contribution is -2.55. The van der Waals surface area contributed by atoms with E-state index < -0.39 is 6.10 Å². The third kappa shape index (κ3) is 2.14. The molecule has 5 atom stereocenters. The number of aldehydes is 1. The number of aliphatic hydroxyl groups excluding tert-OH is 1. The first kappa shape index (κ1) is 13.9. The molecule has 2 aromatic rings. The fourth-order valence-electron chi connectivity index (χ4n) is 4.18. The molecule has 1 unspecified atom stereocenters. The van der Waals surface area contributed by atoms with Gasteiger partial charge in [-0.25, -0.2) is 0 Å². The summed E-state index contributed by atoms with van der Waals surface area (Å²) < 4.78 is 0. The van der Waals surface area contributed by atoms with Crippen molar-refractivity contribution in [1.82, 2.24) is 9.88 Å². The number of pyridine rings is 1. The van der Waals surface area contributed by atoms with Gasteiger partial charge in [-0.1, -0.05) is 18.2 Å². The fraction of sp³-hybridized carbons (Fsp3) is 0.444. The molecule has 2 bridgehead atoms. The molecule has 0 radical (unpaired) electrons. The normalized spacial score (nSPS) is 32.0. The van der Waals surface area contributed by atoms with E-state index in [-0.39, 0.29) is 12.0 Å². The molecule has 3 aliphatic heterocycles. The Balaban J connectivity index is 1.67. The van der Waals surface area contributed by atoms with Crippen LogP contribution < -0.4 is 0 Å². The van der Waals surface area contributed by atoms with E-state index in [4.69, 9.17) is 0 Å². The first-order valence-corrected chi connectivity index (χ1v) is 7.99. The Morgan fingerprint density at radius 1 is 1.32 bits per heavy atom. The summed E-state index contributed by atoms with van der Waals surface area (Å²) in [5.41, 5.74) is 1.87. The fourth-order valence-corrected chi connectivity index (χ4v) is 4.18. The molecular formula is C18H20N2O2. The summed E-state index contributed by atoms with van der Waals surface area (Å²) in [6.45, 7) is 1.78. The number of piperidine rings is 3. The van der Waals surface area contributed by atoms with Gasteiger partial charge in [-0.2, -0.15) is 0 Å². The second kappa shape index (κ2) is 5.45. The van der Waals surface area contributed by atoms with Gasteiger partial charge in [0, 0.05) is 30.1 Å². The van der Waals surface area contributed by atoms with Crippen LogP contribution in [0.5, 0.6) is 0 Å². The lowest BCUT2D eigenvalue weighted by atomic mass is 9.74. The zero-order chi connectivity index (χ0) is 15.1. The molecule has 3 saturated heterocycles.